The van der Waals surface area contributed by atoms with Crippen LogP contribution in [-0.4, -0.2) is 28.4 Å². The minimum atomic E-state index is -1.01. The highest BCUT2D eigenvalue weighted by Crippen LogP contribution is 2.21. The number of nitro groups is 1. The number of ether oxygens (including phenoxy) is 1. The van der Waals surface area contributed by atoms with Gasteiger partial charge in [0.15, 0.2) is 6.10 Å². The molecule has 0 spiro atoms. The van der Waals surface area contributed by atoms with Crippen molar-refractivity contribution in [2.45, 2.75) is 39.3 Å². The summed E-state index contributed by atoms with van der Waals surface area (Å²) >= 11 is 0. The molecule has 1 rings (SSSR count). The summed E-state index contributed by atoms with van der Waals surface area (Å²) in [4.78, 5) is 33.8. The lowest BCUT2D eigenvalue weighted by molar-refractivity contribution is -0.384. The first kappa shape index (κ1) is 17.4. The van der Waals surface area contributed by atoms with E-state index < -0.39 is 28.4 Å². The van der Waals surface area contributed by atoms with E-state index in [4.69, 9.17) is 10.5 Å². The number of nitro benzene ring substituents is 1. The molecule has 0 saturated heterocycles. The zero-order chi connectivity index (χ0) is 17.1. The predicted molar refractivity (Wildman–Crippen MR) is 80.3 cm³/mol. The zero-order valence-corrected chi connectivity index (χ0v) is 12.9. The van der Waals surface area contributed by atoms with E-state index in [1.54, 1.807) is 20.8 Å². The van der Waals surface area contributed by atoms with Crippen LogP contribution in [-0.2, 0) is 9.53 Å². The highest BCUT2D eigenvalue weighted by atomic mass is 16.6. The van der Waals surface area contributed by atoms with Crippen LogP contribution in [0.3, 0.4) is 0 Å². The van der Waals surface area contributed by atoms with Gasteiger partial charge < -0.3 is 15.8 Å². The number of benzene rings is 1. The summed E-state index contributed by atoms with van der Waals surface area (Å²) in [5.41, 5.74) is 4.82. The molecular weight excluding hydrogens is 290 g/mol. The molecule has 22 heavy (non-hydrogen) atoms. The SMILES string of the molecule is C[C@H](OC(=O)c1ccc([N+](=O)[O-])cc1N)C(=O)NC(C)(C)C. The molecule has 0 aliphatic rings. The molecule has 120 valence electrons. The average molecular weight is 309 g/mol. The molecule has 0 bridgehead atoms. The number of rotatable bonds is 4. The van der Waals surface area contributed by atoms with Crippen LogP contribution in [0.2, 0.25) is 0 Å². The molecule has 8 nitrogen and oxygen atoms in total. The fourth-order valence-corrected chi connectivity index (χ4v) is 1.60. The number of nitrogen functional groups attached to an aromatic ring is 1. The smallest absolute Gasteiger partial charge is 0.341 e. The van der Waals surface area contributed by atoms with Crippen molar-refractivity contribution in [2.75, 3.05) is 5.73 Å². The summed E-state index contributed by atoms with van der Waals surface area (Å²) in [6, 6.07) is 3.41. The monoisotopic (exact) mass is 309 g/mol. The van der Waals surface area contributed by atoms with Gasteiger partial charge in [0.25, 0.3) is 11.6 Å². The normalized spacial score (nSPS) is 12.4. The molecule has 0 aliphatic heterocycles. The molecule has 1 amide bonds. The van der Waals surface area contributed by atoms with Crippen LogP contribution in [0, 0.1) is 10.1 Å². The second-order valence-electron chi connectivity index (χ2n) is 5.82. The number of carbonyl (C=O) groups excluding carboxylic acids is 2. The minimum Gasteiger partial charge on any atom is -0.449 e. The summed E-state index contributed by atoms with van der Waals surface area (Å²) in [5.74, 6) is -1.26. The number of non-ortho nitro benzene ring substituents is 1. The van der Waals surface area contributed by atoms with E-state index in [1.807, 2.05) is 0 Å². The Morgan fingerprint density at radius 1 is 1.36 bits per heavy atom. The Morgan fingerprint density at radius 2 is 1.95 bits per heavy atom. The summed E-state index contributed by atoms with van der Waals surface area (Å²) in [6.45, 7) is 6.83. The number of anilines is 1. The Labute approximate surface area is 127 Å². The van der Waals surface area contributed by atoms with Crippen molar-refractivity contribution >= 4 is 23.3 Å². The standard InChI is InChI=1S/C14H19N3O5/c1-8(12(18)16-14(2,3)4)22-13(19)10-6-5-9(17(20)21)7-11(10)15/h5-8H,15H2,1-4H3,(H,16,18)/t8-/m0/s1. The van der Waals surface area contributed by atoms with Crippen LogP contribution >= 0.6 is 0 Å². The van der Waals surface area contributed by atoms with Crippen molar-refractivity contribution in [1.29, 1.82) is 0 Å². The molecule has 0 unspecified atom stereocenters. The van der Waals surface area contributed by atoms with E-state index in [1.165, 1.54) is 13.0 Å². The minimum absolute atomic E-state index is 0.0268. The fourth-order valence-electron chi connectivity index (χ4n) is 1.60. The van der Waals surface area contributed by atoms with Gasteiger partial charge in [0.2, 0.25) is 0 Å². The van der Waals surface area contributed by atoms with Crippen LogP contribution in [0.5, 0.6) is 0 Å². The fraction of sp³-hybridized carbons (Fsp3) is 0.429. The number of nitrogens with one attached hydrogen (secondary N) is 1. The summed E-state index contributed by atoms with van der Waals surface area (Å²) in [5, 5.41) is 13.3. The first-order chi connectivity index (χ1) is 10.0. The predicted octanol–water partition coefficient (Wildman–Crippen LogP) is 1.64. The number of nitrogens with two attached hydrogens (primary N) is 1. The number of hydrogen-bond acceptors (Lipinski definition) is 6. The third-order valence-electron chi connectivity index (χ3n) is 2.62. The highest BCUT2D eigenvalue weighted by Gasteiger charge is 2.24. The van der Waals surface area contributed by atoms with E-state index in [9.17, 15) is 19.7 Å². The van der Waals surface area contributed by atoms with Crippen LogP contribution in [0.25, 0.3) is 0 Å². The van der Waals surface area contributed by atoms with Gasteiger partial charge in [0, 0.05) is 17.7 Å². The average Bonchev–Trinajstić information content (AvgIpc) is 2.35. The topological polar surface area (TPSA) is 125 Å². The van der Waals surface area contributed by atoms with E-state index >= 15 is 0 Å². The quantitative estimate of drug-likeness (QED) is 0.377. The van der Waals surface area contributed by atoms with Gasteiger partial charge in [-0.2, -0.15) is 0 Å². The van der Waals surface area contributed by atoms with Gasteiger partial charge in [0.05, 0.1) is 16.2 Å². The molecule has 3 N–H and O–H groups in total. The molecule has 0 fully saturated rings. The van der Waals surface area contributed by atoms with Gasteiger partial charge in [-0.3, -0.25) is 14.9 Å². The van der Waals surface area contributed by atoms with Crippen LogP contribution in [0.1, 0.15) is 38.1 Å². The summed E-state index contributed by atoms with van der Waals surface area (Å²) in [7, 11) is 0. The summed E-state index contributed by atoms with van der Waals surface area (Å²) in [6.07, 6.45) is -1.01. The van der Waals surface area contributed by atoms with Crippen LogP contribution in [0.4, 0.5) is 11.4 Å². The van der Waals surface area contributed by atoms with E-state index in [0.29, 0.717) is 0 Å². The Hall–Kier alpha value is -2.64. The lowest BCUT2D eigenvalue weighted by Gasteiger charge is -2.23. The van der Waals surface area contributed by atoms with Gasteiger partial charge in [-0.1, -0.05) is 0 Å². The maximum Gasteiger partial charge on any atom is 0.341 e. The molecule has 0 aliphatic carbocycles. The number of amides is 1. The van der Waals surface area contributed by atoms with Crippen LogP contribution in [0.15, 0.2) is 18.2 Å². The number of nitrogens with zero attached hydrogens (tertiary/aromatic N) is 1. The second kappa shape index (κ2) is 6.42. The molecule has 1 atom stereocenters. The third-order valence-corrected chi connectivity index (χ3v) is 2.62. The highest BCUT2D eigenvalue weighted by molar-refractivity contribution is 5.97. The maximum absolute atomic E-state index is 12.0. The molecule has 0 aromatic heterocycles. The molecule has 0 radical (unpaired) electrons. The second-order valence-corrected chi connectivity index (χ2v) is 5.82. The van der Waals surface area contributed by atoms with E-state index in [2.05, 4.69) is 5.32 Å². The first-order valence-electron chi connectivity index (χ1n) is 6.58. The van der Waals surface area contributed by atoms with Crippen molar-refractivity contribution in [3.8, 4) is 0 Å². The van der Waals surface area contributed by atoms with Gasteiger partial charge in [0.1, 0.15) is 0 Å². The number of carbonyl (C=O) groups is 2. The Kier molecular flexibility index (Phi) is 5.08. The lowest BCUT2D eigenvalue weighted by Crippen LogP contribution is -2.46. The third kappa shape index (κ3) is 4.72. The van der Waals surface area contributed by atoms with Crippen molar-refractivity contribution in [3.05, 3.63) is 33.9 Å². The van der Waals surface area contributed by atoms with Crippen LogP contribution < -0.4 is 11.1 Å². The molecular formula is C14H19N3O5. The van der Waals surface area contributed by atoms with Crippen molar-refractivity contribution in [1.82, 2.24) is 5.32 Å². The largest absolute Gasteiger partial charge is 0.449 e. The van der Waals surface area contributed by atoms with Gasteiger partial charge in [-0.25, -0.2) is 4.79 Å². The molecule has 8 heteroatoms. The molecule has 0 saturated carbocycles. The molecule has 1 aromatic carbocycles. The van der Waals surface area contributed by atoms with E-state index in [-0.39, 0.29) is 16.9 Å². The summed E-state index contributed by atoms with van der Waals surface area (Å²) < 4.78 is 5.02. The van der Waals surface area contributed by atoms with Crippen molar-refractivity contribution in [2.24, 2.45) is 0 Å². The van der Waals surface area contributed by atoms with Gasteiger partial charge >= 0.3 is 5.97 Å². The lowest BCUT2D eigenvalue weighted by atomic mass is 10.1. The van der Waals surface area contributed by atoms with Crippen molar-refractivity contribution in [3.63, 3.8) is 0 Å². The van der Waals surface area contributed by atoms with Gasteiger partial charge in [-0.05, 0) is 33.8 Å². The Balaban J connectivity index is 2.81. The maximum atomic E-state index is 12.0. The van der Waals surface area contributed by atoms with Crippen molar-refractivity contribution < 1.29 is 19.2 Å². The number of esters is 1. The van der Waals surface area contributed by atoms with E-state index in [0.717, 1.165) is 12.1 Å². The first-order valence-corrected chi connectivity index (χ1v) is 6.58. The Bertz CT molecular complexity index is 607. The molecule has 0 heterocycles. The number of hydrogen-bond donors (Lipinski definition) is 2. The molecule has 1 aromatic rings. The van der Waals surface area contributed by atoms with Gasteiger partial charge in [-0.15, -0.1) is 0 Å². The Morgan fingerprint density at radius 3 is 2.41 bits per heavy atom. The zero-order valence-electron chi connectivity index (χ0n) is 12.9.